The van der Waals surface area contributed by atoms with Gasteiger partial charge in [0.1, 0.15) is 11.8 Å². The third-order valence-electron chi connectivity index (χ3n) is 5.94. The molecule has 0 bridgehead atoms. The monoisotopic (exact) mass is 463 g/mol. The molecule has 8 heteroatoms. The van der Waals surface area contributed by atoms with E-state index >= 15 is 0 Å². The fourth-order valence-electron chi connectivity index (χ4n) is 4.15. The first-order valence-corrected chi connectivity index (χ1v) is 11.9. The van der Waals surface area contributed by atoms with Crippen LogP contribution in [0, 0.1) is 0 Å². The summed E-state index contributed by atoms with van der Waals surface area (Å²) in [5, 5.41) is 7.16. The van der Waals surface area contributed by atoms with Crippen molar-refractivity contribution in [2.75, 3.05) is 38.1 Å². The van der Waals surface area contributed by atoms with E-state index in [4.69, 9.17) is 9.26 Å². The first kappa shape index (κ1) is 23.9. The van der Waals surface area contributed by atoms with E-state index in [1.165, 1.54) is 0 Å². The van der Waals surface area contributed by atoms with Crippen LogP contribution < -0.4 is 10.1 Å². The molecule has 8 nitrogen and oxygen atoms in total. The van der Waals surface area contributed by atoms with Crippen LogP contribution in [0.25, 0.3) is 0 Å². The van der Waals surface area contributed by atoms with Crippen LogP contribution in [0.5, 0.6) is 5.75 Å². The quantitative estimate of drug-likeness (QED) is 0.512. The molecule has 180 valence electrons. The van der Waals surface area contributed by atoms with Gasteiger partial charge in [-0.1, -0.05) is 61.5 Å². The number of para-hydroxylation sites is 2. The summed E-state index contributed by atoms with van der Waals surface area (Å²) in [5.74, 6) is 2.23. The highest BCUT2D eigenvalue weighted by Gasteiger charge is 2.31. The molecule has 34 heavy (non-hydrogen) atoms. The Balaban J connectivity index is 1.45. The molecule has 0 radical (unpaired) electrons. The largest absolute Gasteiger partial charge is 0.492 e. The van der Waals surface area contributed by atoms with Gasteiger partial charge in [0.15, 0.2) is 5.82 Å². The van der Waals surface area contributed by atoms with Crippen LogP contribution in [0.3, 0.4) is 0 Å². The predicted molar refractivity (Wildman–Crippen MR) is 131 cm³/mol. The number of ether oxygens (including phenoxy) is 1. The highest BCUT2D eigenvalue weighted by molar-refractivity contribution is 5.96. The third kappa shape index (κ3) is 5.81. The first-order valence-electron chi connectivity index (χ1n) is 11.9. The van der Waals surface area contributed by atoms with E-state index in [0.717, 1.165) is 37.6 Å². The highest BCUT2D eigenvalue weighted by Crippen LogP contribution is 2.28. The number of amides is 1. The van der Waals surface area contributed by atoms with Gasteiger partial charge in [-0.3, -0.25) is 14.6 Å². The van der Waals surface area contributed by atoms with Gasteiger partial charge in [0.2, 0.25) is 11.8 Å². The Hall–Kier alpha value is -3.23. The average molecular weight is 464 g/mol. The van der Waals surface area contributed by atoms with Crippen molar-refractivity contribution in [1.29, 1.82) is 0 Å². The van der Waals surface area contributed by atoms with Crippen LogP contribution in [0.15, 0.2) is 59.1 Å². The smallest absolute Gasteiger partial charge is 0.246 e. The van der Waals surface area contributed by atoms with Crippen LogP contribution in [-0.2, 0) is 11.3 Å². The number of piperazine rings is 1. The fraction of sp³-hybridized carbons (Fsp3) is 0.423. The summed E-state index contributed by atoms with van der Waals surface area (Å²) in [6.07, 6.45) is 0. The highest BCUT2D eigenvalue weighted by atomic mass is 16.5. The molecule has 1 aromatic heterocycles. The summed E-state index contributed by atoms with van der Waals surface area (Å²) in [7, 11) is 0. The van der Waals surface area contributed by atoms with Gasteiger partial charge < -0.3 is 14.6 Å². The van der Waals surface area contributed by atoms with Gasteiger partial charge in [0, 0.05) is 32.1 Å². The summed E-state index contributed by atoms with van der Waals surface area (Å²) in [5.41, 5.74) is 1.66. The number of carbonyl (C=O) groups excluding carboxylic acids is 1. The summed E-state index contributed by atoms with van der Waals surface area (Å²) in [6, 6.07) is 17.1. The van der Waals surface area contributed by atoms with Gasteiger partial charge in [0.05, 0.1) is 18.8 Å². The Bertz CT molecular complexity index is 1060. The topological polar surface area (TPSA) is 83.7 Å². The number of carbonyl (C=O) groups is 1. The lowest BCUT2D eigenvalue weighted by Crippen LogP contribution is -2.49. The van der Waals surface area contributed by atoms with E-state index < -0.39 is 6.04 Å². The summed E-state index contributed by atoms with van der Waals surface area (Å²) in [6.45, 7) is 10.3. The second-order valence-electron chi connectivity index (χ2n) is 8.74. The molecule has 2 aromatic carbocycles. The van der Waals surface area contributed by atoms with E-state index in [1.54, 1.807) is 0 Å². The Morgan fingerprint density at radius 2 is 1.76 bits per heavy atom. The zero-order valence-corrected chi connectivity index (χ0v) is 20.1. The van der Waals surface area contributed by atoms with Crippen molar-refractivity contribution in [1.82, 2.24) is 19.9 Å². The average Bonchev–Trinajstić information content (AvgIpc) is 3.31. The fourth-order valence-corrected chi connectivity index (χ4v) is 4.15. The number of benzene rings is 2. The van der Waals surface area contributed by atoms with Crippen molar-refractivity contribution in [3.63, 3.8) is 0 Å². The maximum Gasteiger partial charge on any atom is 0.246 e. The van der Waals surface area contributed by atoms with Crippen LogP contribution in [0.4, 0.5) is 5.69 Å². The molecule has 2 heterocycles. The molecule has 0 spiro atoms. The number of nitrogens with one attached hydrogen (secondary N) is 1. The Morgan fingerprint density at radius 1 is 1.06 bits per heavy atom. The Labute approximate surface area is 200 Å². The molecule has 0 aliphatic carbocycles. The molecule has 1 fully saturated rings. The number of hydrogen-bond acceptors (Lipinski definition) is 7. The first-order chi connectivity index (χ1) is 16.5. The molecule has 1 atom stereocenters. The minimum absolute atomic E-state index is 0.0646. The molecule has 1 amide bonds. The molecule has 1 aliphatic rings. The van der Waals surface area contributed by atoms with Crippen LogP contribution in [0.2, 0.25) is 0 Å². The molecule has 1 N–H and O–H groups in total. The van der Waals surface area contributed by atoms with Gasteiger partial charge in [-0.15, -0.1) is 0 Å². The predicted octanol–water partition coefficient (Wildman–Crippen LogP) is 4.09. The Morgan fingerprint density at radius 3 is 2.44 bits per heavy atom. The van der Waals surface area contributed by atoms with Crippen molar-refractivity contribution in [2.24, 2.45) is 0 Å². The van der Waals surface area contributed by atoms with Gasteiger partial charge >= 0.3 is 0 Å². The van der Waals surface area contributed by atoms with Gasteiger partial charge in [0.25, 0.3) is 0 Å². The van der Waals surface area contributed by atoms with Crippen LogP contribution in [-0.4, -0.2) is 58.6 Å². The lowest BCUT2D eigenvalue weighted by molar-refractivity contribution is -0.122. The van der Waals surface area contributed by atoms with Crippen molar-refractivity contribution in [2.45, 2.75) is 39.3 Å². The third-order valence-corrected chi connectivity index (χ3v) is 5.94. The van der Waals surface area contributed by atoms with Crippen molar-refractivity contribution < 1.29 is 14.1 Å². The van der Waals surface area contributed by atoms with Crippen LogP contribution in [0.1, 0.15) is 50.0 Å². The molecule has 1 saturated heterocycles. The van der Waals surface area contributed by atoms with E-state index in [2.05, 4.69) is 39.1 Å². The number of aromatic nitrogens is 2. The van der Waals surface area contributed by atoms with Crippen LogP contribution >= 0.6 is 0 Å². The number of anilines is 1. The van der Waals surface area contributed by atoms with E-state index in [0.29, 0.717) is 30.5 Å². The minimum atomic E-state index is -0.394. The SMILES string of the molecule is CCOc1ccccc1NC(=O)C(c1ccccc1)N1CCN(Cc2nc(C(C)C)no2)CC1. The number of hydrogen-bond donors (Lipinski definition) is 1. The molecule has 4 rings (SSSR count). The summed E-state index contributed by atoms with van der Waals surface area (Å²) < 4.78 is 11.1. The summed E-state index contributed by atoms with van der Waals surface area (Å²) >= 11 is 0. The normalized spacial score (nSPS) is 15.9. The second kappa shape index (κ2) is 11.3. The van der Waals surface area contributed by atoms with Crippen molar-refractivity contribution >= 4 is 11.6 Å². The maximum absolute atomic E-state index is 13.6. The molecule has 1 aliphatic heterocycles. The van der Waals surface area contributed by atoms with Gasteiger partial charge in [-0.25, -0.2) is 0 Å². The van der Waals surface area contributed by atoms with Gasteiger partial charge in [-0.2, -0.15) is 4.98 Å². The zero-order valence-electron chi connectivity index (χ0n) is 20.1. The Kier molecular flexibility index (Phi) is 7.92. The van der Waals surface area contributed by atoms with E-state index in [-0.39, 0.29) is 11.8 Å². The standard InChI is InChI=1S/C26H33N5O3/c1-4-33-22-13-9-8-12-21(22)27-26(32)24(20-10-6-5-7-11-20)31-16-14-30(15-17-31)18-23-28-25(19(2)3)29-34-23/h5-13,19,24H,4,14-18H2,1-3H3,(H,27,32). The summed E-state index contributed by atoms with van der Waals surface area (Å²) in [4.78, 5) is 22.6. The van der Waals surface area contributed by atoms with Gasteiger partial charge in [-0.05, 0) is 24.6 Å². The lowest BCUT2D eigenvalue weighted by Gasteiger charge is -2.38. The maximum atomic E-state index is 13.6. The number of rotatable bonds is 9. The van der Waals surface area contributed by atoms with E-state index in [1.807, 2.05) is 61.5 Å². The molecular weight excluding hydrogens is 430 g/mol. The zero-order chi connectivity index (χ0) is 23.9. The van der Waals surface area contributed by atoms with Crippen molar-refractivity contribution in [3.8, 4) is 5.75 Å². The minimum Gasteiger partial charge on any atom is -0.492 e. The molecular formula is C26H33N5O3. The molecule has 3 aromatic rings. The second-order valence-corrected chi connectivity index (χ2v) is 8.74. The molecule has 1 unspecified atom stereocenters. The molecule has 0 saturated carbocycles. The van der Waals surface area contributed by atoms with Crippen molar-refractivity contribution in [3.05, 3.63) is 71.9 Å². The number of nitrogens with zero attached hydrogens (tertiary/aromatic N) is 4. The van der Waals surface area contributed by atoms with E-state index in [9.17, 15) is 4.79 Å². The lowest BCUT2D eigenvalue weighted by atomic mass is 10.0.